The minimum absolute atomic E-state index is 0.0769. The van der Waals surface area contributed by atoms with E-state index in [1.165, 1.54) is 6.20 Å². The van der Waals surface area contributed by atoms with Gasteiger partial charge in [0.25, 0.3) is 0 Å². The summed E-state index contributed by atoms with van der Waals surface area (Å²) in [4.78, 5) is 25.7. The Bertz CT molecular complexity index is 725. The molecule has 2 aromatic rings. The van der Waals surface area contributed by atoms with Crippen molar-refractivity contribution in [1.82, 2.24) is 14.7 Å². The molecule has 3 rings (SSSR count). The Morgan fingerprint density at radius 3 is 3.00 bits per heavy atom. The molecule has 1 amide bonds. The van der Waals surface area contributed by atoms with Crippen LogP contribution in [0.2, 0.25) is 0 Å². The minimum Gasteiger partial charge on any atom is -0.391 e. The maximum atomic E-state index is 12.3. The van der Waals surface area contributed by atoms with Gasteiger partial charge in [-0.3, -0.25) is 14.3 Å². The van der Waals surface area contributed by atoms with E-state index in [9.17, 15) is 14.7 Å². The summed E-state index contributed by atoms with van der Waals surface area (Å²) >= 11 is 0. The fourth-order valence-electron chi connectivity index (χ4n) is 2.70. The van der Waals surface area contributed by atoms with Crippen molar-refractivity contribution in [1.29, 1.82) is 0 Å². The molecule has 1 atom stereocenters. The molecule has 1 aromatic heterocycles. The normalized spacial score (nSPS) is 18.9. The first-order valence-corrected chi connectivity index (χ1v) is 7.06. The number of nitrogens with zero attached hydrogens (tertiary/aromatic N) is 3. The van der Waals surface area contributed by atoms with Crippen molar-refractivity contribution in [3.63, 3.8) is 0 Å². The number of aliphatic hydroxyl groups is 1. The molecule has 2 heterocycles. The lowest BCUT2D eigenvalue weighted by Gasteiger charge is -2.30. The van der Waals surface area contributed by atoms with Gasteiger partial charge in [0.15, 0.2) is 0 Å². The van der Waals surface area contributed by atoms with E-state index in [0.717, 1.165) is 12.8 Å². The lowest BCUT2D eigenvalue weighted by atomic mass is 10.1. The van der Waals surface area contributed by atoms with Gasteiger partial charge in [0, 0.05) is 18.5 Å². The average molecular weight is 287 g/mol. The van der Waals surface area contributed by atoms with Crippen LogP contribution in [-0.4, -0.2) is 44.9 Å². The molecule has 0 radical (unpaired) electrons. The van der Waals surface area contributed by atoms with E-state index in [-0.39, 0.29) is 17.9 Å². The van der Waals surface area contributed by atoms with Gasteiger partial charge in [0.2, 0.25) is 11.3 Å². The minimum atomic E-state index is -0.443. The van der Waals surface area contributed by atoms with Crippen molar-refractivity contribution in [3.05, 3.63) is 40.7 Å². The van der Waals surface area contributed by atoms with Crippen LogP contribution >= 0.6 is 0 Å². The molecular weight excluding hydrogens is 270 g/mol. The van der Waals surface area contributed by atoms with E-state index in [1.807, 2.05) is 6.07 Å². The number of aliphatic hydroxyl groups excluding tert-OH is 1. The number of hydrogen-bond donors (Lipinski definition) is 1. The lowest BCUT2D eigenvalue weighted by Crippen LogP contribution is -2.43. The Morgan fingerprint density at radius 1 is 1.38 bits per heavy atom. The van der Waals surface area contributed by atoms with Gasteiger partial charge in [0.1, 0.15) is 6.54 Å². The number of hydrogen-bond acceptors (Lipinski definition) is 4. The van der Waals surface area contributed by atoms with Gasteiger partial charge in [-0.15, -0.1) is 0 Å². The summed E-state index contributed by atoms with van der Waals surface area (Å²) in [6.07, 6.45) is 2.34. The second-order valence-corrected chi connectivity index (χ2v) is 5.32. The van der Waals surface area contributed by atoms with Crippen LogP contribution in [0.5, 0.6) is 0 Å². The molecule has 110 valence electrons. The zero-order valence-corrected chi connectivity index (χ0v) is 11.6. The number of aromatic nitrogens is 2. The maximum absolute atomic E-state index is 12.3. The molecule has 1 unspecified atom stereocenters. The molecule has 21 heavy (non-hydrogen) atoms. The van der Waals surface area contributed by atoms with Crippen LogP contribution in [-0.2, 0) is 11.3 Å². The van der Waals surface area contributed by atoms with Gasteiger partial charge in [0.05, 0.1) is 17.8 Å². The molecule has 0 aliphatic carbocycles. The molecular formula is C15H17N3O3. The highest BCUT2D eigenvalue weighted by atomic mass is 16.3. The Balaban J connectivity index is 1.86. The molecule has 0 bridgehead atoms. The molecule has 1 saturated heterocycles. The number of β-amino-alcohol motifs (C(OH)–C–C–N with tert-alkyl or cyclic N) is 1. The van der Waals surface area contributed by atoms with Gasteiger partial charge in [-0.2, -0.15) is 5.10 Å². The molecule has 1 aliphatic rings. The van der Waals surface area contributed by atoms with E-state index in [2.05, 4.69) is 5.10 Å². The first-order valence-electron chi connectivity index (χ1n) is 7.06. The summed E-state index contributed by atoms with van der Waals surface area (Å²) in [5.41, 5.74) is 0.499. The lowest BCUT2D eigenvalue weighted by molar-refractivity contribution is -0.135. The highest BCUT2D eigenvalue weighted by Crippen LogP contribution is 2.12. The third-order valence-electron chi connectivity index (χ3n) is 3.80. The van der Waals surface area contributed by atoms with Crippen LogP contribution in [0.3, 0.4) is 0 Å². The molecule has 0 spiro atoms. The van der Waals surface area contributed by atoms with Gasteiger partial charge >= 0.3 is 0 Å². The highest BCUT2D eigenvalue weighted by Gasteiger charge is 2.22. The summed E-state index contributed by atoms with van der Waals surface area (Å²) in [6, 6.07) is 7.11. The molecule has 1 N–H and O–H groups in total. The van der Waals surface area contributed by atoms with Crippen molar-refractivity contribution in [3.8, 4) is 0 Å². The van der Waals surface area contributed by atoms with E-state index < -0.39 is 6.10 Å². The average Bonchev–Trinajstić information content (AvgIpc) is 2.50. The van der Waals surface area contributed by atoms with Crippen molar-refractivity contribution in [2.45, 2.75) is 25.5 Å². The molecule has 0 saturated carbocycles. The van der Waals surface area contributed by atoms with Crippen LogP contribution in [0.25, 0.3) is 10.9 Å². The first kappa shape index (κ1) is 13.8. The van der Waals surface area contributed by atoms with Gasteiger partial charge in [-0.25, -0.2) is 0 Å². The topological polar surface area (TPSA) is 75.4 Å². The van der Waals surface area contributed by atoms with Crippen LogP contribution in [0.15, 0.2) is 35.3 Å². The van der Waals surface area contributed by atoms with Crippen molar-refractivity contribution < 1.29 is 9.90 Å². The third-order valence-corrected chi connectivity index (χ3v) is 3.80. The Kier molecular flexibility index (Phi) is 3.70. The summed E-state index contributed by atoms with van der Waals surface area (Å²) in [5, 5.41) is 14.3. The van der Waals surface area contributed by atoms with E-state index in [0.29, 0.717) is 24.0 Å². The maximum Gasteiger partial charge on any atom is 0.244 e. The quantitative estimate of drug-likeness (QED) is 0.866. The molecule has 1 aliphatic heterocycles. The Hall–Kier alpha value is -2.21. The zero-order valence-electron chi connectivity index (χ0n) is 11.6. The smallest absolute Gasteiger partial charge is 0.244 e. The predicted octanol–water partition coefficient (Wildman–Crippen LogP) is 0.380. The number of likely N-dealkylation sites (tertiary alicyclic amines) is 1. The van der Waals surface area contributed by atoms with Gasteiger partial charge in [-0.1, -0.05) is 12.1 Å². The zero-order chi connectivity index (χ0) is 14.8. The number of benzene rings is 1. The summed E-state index contributed by atoms with van der Waals surface area (Å²) in [5.74, 6) is -0.0879. The summed E-state index contributed by atoms with van der Waals surface area (Å²) in [6.45, 7) is 1.11. The number of carbonyl (C=O) groups excluding carboxylic acids is 1. The van der Waals surface area contributed by atoms with Crippen LogP contribution in [0.4, 0.5) is 0 Å². The Labute approximate surface area is 121 Å². The molecule has 6 heteroatoms. The van der Waals surface area contributed by atoms with Gasteiger partial charge < -0.3 is 10.0 Å². The number of rotatable bonds is 2. The van der Waals surface area contributed by atoms with Crippen molar-refractivity contribution in [2.24, 2.45) is 0 Å². The standard InChI is InChI=1S/C15H17N3O3/c19-11-4-3-7-17(9-11)15(21)10-18-13-6-2-1-5-12(13)14(20)8-16-18/h1-2,5-6,8,11,19H,3-4,7,9-10H2. The fourth-order valence-corrected chi connectivity index (χ4v) is 2.70. The van der Waals surface area contributed by atoms with Gasteiger partial charge in [-0.05, 0) is 25.0 Å². The fraction of sp³-hybridized carbons (Fsp3) is 0.400. The number of para-hydroxylation sites is 1. The monoisotopic (exact) mass is 287 g/mol. The summed E-state index contributed by atoms with van der Waals surface area (Å²) < 4.78 is 1.54. The molecule has 1 fully saturated rings. The SMILES string of the molecule is O=C(Cn1ncc(=O)c2ccccc21)N1CCCC(O)C1. The predicted molar refractivity (Wildman–Crippen MR) is 77.8 cm³/mol. The van der Waals surface area contributed by atoms with E-state index in [4.69, 9.17) is 0 Å². The number of amides is 1. The van der Waals surface area contributed by atoms with Crippen molar-refractivity contribution >= 4 is 16.8 Å². The van der Waals surface area contributed by atoms with Crippen LogP contribution in [0.1, 0.15) is 12.8 Å². The largest absolute Gasteiger partial charge is 0.391 e. The molecule has 1 aromatic carbocycles. The van der Waals surface area contributed by atoms with Crippen molar-refractivity contribution in [2.75, 3.05) is 13.1 Å². The van der Waals surface area contributed by atoms with E-state index in [1.54, 1.807) is 27.8 Å². The van der Waals surface area contributed by atoms with Crippen LogP contribution < -0.4 is 5.43 Å². The second-order valence-electron chi connectivity index (χ2n) is 5.32. The third kappa shape index (κ3) is 2.80. The van der Waals surface area contributed by atoms with E-state index >= 15 is 0 Å². The van der Waals surface area contributed by atoms with Crippen LogP contribution in [0, 0.1) is 0 Å². The Morgan fingerprint density at radius 2 is 2.19 bits per heavy atom. The highest BCUT2D eigenvalue weighted by molar-refractivity contribution is 5.81. The number of carbonyl (C=O) groups is 1. The first-order chi connectivity index (χ1) is 10.1. The summed E-state index contributed by atoms with van der Waals surface area (Å²) in [7, 11) is 0. The second kappa shape index (κ2) is 5.65. The molecule has 6 nitrogen and oxygen atoms in total. The number of fused-ring (bicyclic) bond motifs is 1. The number of piperidine rings is 1.